The predicted octanol–water partition coefficient (Wildman–Crippen LogP) is 4.10. The van der Waals surface area contributed by atoms with E-state index in [1.54, 1.807) is 12.1 Å². The first kappa shape index (κ1) is 16.9. The van der Waals surface area contributed by atoms with Gasteiger partial charge in [-0.25, -0.2) is 9.59 Å². The number of nitrogens with zero attached hydrogens (tertiary/aromatic N) is 1. The van der Waals surface area contributed by atoms with E-state index in [-0.39, 0.29) is 12.4 Å². The third kappa shape index (κ3) is 3.42. The largest absolute Gasteiger partial charge is 0.460 e. The third-order valence-corrected chi connectivity index (χ3v) is 4.27. The van der Waals surface area contributed by atoms with Gasteiger partial charge in [-0.05, 0) is 30.2 Å². The van der Waals surface area contributed by atoms with Gasteiger partial charge < -0.3 is 13.6 Å². The van der Waals surface area contributed by atoms with Crippen molar-refractivity contribution in [3.63, 3.8) is 0 Å². The number of aromatic nitrogens is 1. The molecule has 0 aliphatic heterocycles. The molecule has 2 aromatic carbocycles. The van der Waals surface area contributed by atoms with Crippen molar-refractivity contribution in [3.8, 4) is 11.1 Å². The summed E-state index contributed by atoms with van der Waals surface area (Å²) in [5.41, 5.74) is 2.85. The summed E-state index contributed by atoms with van der Waals surface area (Å²) in [5, 5.41) is 0. The molecule has 0 fully saturated rings. The van der Waals surface area contributed by atoms with Crippen molar-refractivity contribution in [3.05, 3.63) is 83.2 Å². The summed E-state index contributed by atoms with van der Waals surface area (Å²) in [6, 6.07) is 18.5. The van der Waals surface area contributed by atoms with Crippen molar-refractivity contribution in [2.45, 2.75) is 13.0 Å². The molecule has 4 rings (SSSR count). The fourth-order valence-corrected chi connectivity index (χ4v) is 2.99. The number of hydrogen-bond donors (Lipinski definition) is 0. The Morgan fingerprint density at radius 3 is 2.63 bits per heavy atom. The van der Waals surface area contributed by atoms with Crippen molar-refractivity contribution in [1.82, 2.24) is 4.57 Å². The van der Waals surface area contributed by atoms with E-state index in [0.29, 0.717) is 24.1 Å². The predicted molar refractivity (Wildman–Crippen MR) is 99.5 cm³/mol. The quantitative estimate of drug-likeness (QED) is 0.381. The van der Waals surface area contributed by atoms with Crippen LogP contribution >= 0.6 is 0 Å². The van der Waals surface area contributed by atoms with Crippen molar-refractivity contribution >= 4 is 17.1 Å². The Labute approximate surface area is 154 Å². The van der Waals surface area contributed by atoms with Crippen LogP contribution in [0.25, 0.3) is 22.2 Å². The zero-order valence-corrected chi connectivity index (χ0v) is 14.5. The molecule has 6 nitrogen and oxygen atoms in total. The normalized spacial score (nSPS) is 11.0. The van der Waals surface area contributed by atoms with Gasteiger partial charge in [-0.15, -0.1) is 0 Å². The number of furan rings is 1. The second kappa shape index (κ2) is 7.37. The number of rotatable bonds is 6. The van der Waals surface area contributed by atoms with Crippen LogP contribution in [0.2, 0.25) is 0 Å². The zero-order valence-electron chi connectivity index (χ0n) is 14.5. The van der Waals surface area contributed by atoms with Crippen LogP contribution in [0.5, 0.6) is 0 Å². The monoisotopic (exact) mass is 363 g/mol. The number of hydrogen-bond acceptors (Lipinski definition) is 5. The first-order valence-corrected chi connectivity index (χ1v) is 8.62. The van der Waals surface area contributed by atoms with E-state index in [4.69, 9.17) is 13.6 Å². The van der Waals surface area contributed by atoms with E-state index in [2.05, 4.69) is 0 Å². The minimum atomic E-state index is -0.525. The minimum Gasteiger partial charge on any atom is -0.460 e. The van der Waals surface area contributed by atoms with Gasteiger partial charge in [0.05, 0.1) is 18.4 Å². The molecule has 2 heterocycles. The van der Waals surface area contributed by atoms with Gasteiger partial charge in [-0.2, -0.15) is 0 Å². The Morgan fingerprint density at radius 1 is 1.00 bits per heavy atom. The molecule has 27 heavy (non-hydrogen) atoms. The molecule has 0 aliphatic carbocycles. The number of carbonyl (C=O) groups is 1. The average Bonchev–Trinajstić information content (AvgIpc) is 3.30. The van der Waals surface area contributed by atoms with Crippen LogP contribution in [-0.2, 0) is 11.3 Å². The summed E-state index contributed by atoms with van der Waals surface area (Å²) in [5.74, 6) is -0.768. The molecular weight excluding hydrogens is 346 g/mol. The molecule has 0 spiro atoms. The molecule has 6 heteroatoms. The molecule has 0 unspecified atom stereocenters. The van der Waals surface area contributed by atoms with E-state index in [1.807, 2.05) is 48.5 Å². The standard InChI is InChI=1S/C21H17NO5/c23-20(19-16(11-14-25-19)15-7-2-1-3-8-15)26-13-6-12-22-17-9-4-5-10-18(17)27-21(22)24/h1-5,7-11,14H,6,12-13H2. The van der Waals surface area contributed by atoms with Gasteiger partial charge in [0.2, 0.25) is 5.76 Å². The number of benzene rings is 2. The van der Waals surface area contributed by atoms with Crippen molar-refractivity contribution in [2.24, 2.45) is 0 Å². The second-order valence-corrected chi connectivity index (χ2v) is 6.01. The lowest BCUT2D eigenvalue weighted by Gasteiger charge is -2.06. The molecule has 0 aliphatic rings. The van der Waals surface area contributed by atoms with Crippen LogP contribution in [0.4, 0.5) is 0 Å². The van der Waals surface area contributed by atoms with E-state index >= 15 is 0 Å². The van der Waals surface area contributed by atoms with E-state index in [1.165, 1.54) is 10.8 Å². The molecule has 0 radical (unpaired) electrons. The van der Waals surface area contributed by atoms with Gasteiger partial charge >= 0.3 is 11.7 Å². The second-order valence-electron chi connectivity index (χ2n) is 6.01. The van der Waals surface area contributed by atoms with E-state index < -0.39 is 11.7 Å². The Bertz CT molecular complexity index is 1120. The molecule has 136 valence electrons. The number of aryl methyl sites for hydroxylation is 1. The third-order valence-electron chi connectivity index (χ3n) is 4.27. The Morgan fingerprint density at radius 2 is 1.78 bits per heavy atom. The lowest BCUT2D eigenvalue weighted by atomic mass is 10.1. The molecule has 2 aromatic heterocycles. The van der Waals surface area contributed by atoms with Gasteiger partial charge in [0, 0.05) is 12.1 Å². The van der Waals surface area contributed by atoms with Gasteiger partial charge in [0.1, 0.15) is 0 Å². The fourth-order valence-electron chi connectivity index (χ4n) is 2.99. The number of carbonyl (C=O) groups excluding carboxylic acids is 1. The smallest absolute Gasteiger partial charge is 0.419 e. The van der Waals surface area contributed by atoms with Crippen molar-refractivity contribution < 1.29 is 18.4 Å². The topological polar surface area (TPSA) is 74.6 Å². The maximum Gasteiger partial charge on any atom is 0.419 e. The minimum absolute atomic E-state index is 0.166. The highest BCUT2D eigenvalue weighted by Gasteiger charge is 2.18. The van der Waals surface area contributed by atoms with Gasteiger partial charge in [-0.3, -0.25) is 4.57 Å². The Kier molecular flexibility index (Phi) is 4.61. The molecule has 0 saturated heterocycles. The fraction of sp³-hybridized carbons (Fsp3) is 0.143. The van der Waals surface area contributed by atoms with Crippen molar-refractivity contribution in [2.75, 3.05) is 6.61 Å². The molecule has 0 N–H and O–H groups in total. The molecule has 0 atom stereocenters. The lowest BCUT2D eigenvalue weighted by molar-refractivity contribution is 0.0461. The van der Waals surface area contributed by atoms with Crippen LogP contribution in [-0.4, -0.2) is 17.1 Å². The maximum atomic E-state index is 12.3. The maximum absolute atomic E-state index is 12.3. The van der Waals surface area contributed by atoms with E-state index in [0.717, 1.165) is 11.1 Å². The summed E-state index contributed by atoms with van der Waals surface area (Å²) in [6.45, 7) is 0.562. The number of para-hydroxylation sites is 2. The molecular formula is C21H17NO5. The van der Waals surface area contributed by atoms with E-state index in [9.17, 15) is 9.59 Å². The summed E-state index contributed by atoms with van der Waals surface area (Å²) >= 11 is 0. The SMILES string of the molecule is O=C(OCCCn1c(=O)oc2ccccc21)c1occc1-c1ccccc1. The van der Waals surface area contributed by atoms with Gasteiger partial charge in [-0.1, -0.05) is 42.5 Å². The highest BCUT2D eigenvalue weighted by molar-refractivity contribution is 5.94. The van der Waals surface area contributed by atoms with Gasteiger partial charge in [0.15, 0.2) is 5.58 Å². The highest BCUT2D eigenvalue weighted by atomic mass is 16.5. The highest BCUT2D eigenvalue weighted by Crippen LogP contribution is 2.25. The summed E-state index contributed by atoms with van der Waals surface area (Å²) in [4.78, 5) is 24.3. The van der Waals surface area contributed by atoms with Crippen LogP contribution in [0, 0.1) is 0 Å². The summed E-state index contributed by atoms with van der Waals surface area (Å²) < 4.78 is 17.4. The van der Waals surface area contributed by atoms with Gasteiger partial charge in [0.25, 0.3) is 0 Å². The average molecular weight is 363 g/mol. The Hall–Kier alpha value is -3.54. The number of fused-ring (bicyclic) bond motifs is 1. The van der Waals surface area contributed by atoms with Crippen LogP contribution in [0.1, 0.15) is 17.0 Å². The molecule has 0 bridgehead atoms. The van der Waals surface area contributed by atoms with Crippen LogP contribution < -0.4 is 5.76 Å². The summed E-state index contributed by atoms with van der Waals surface area (Å²) in [6.07, 6.45) is 1.95. The first-order chi connectivity index (χ1) is 13.2. The number of ether oxygens (including phenoxy) is 1. The lowest BCUT2D eigenvalue weighted by Crippen LogP contribution is -2.16. The number of esters is 1. The molecule has 0 amide bonds. The Balaban J connectivity index is 1.39. The molecule has 0 saturated carbocycles. The summed E-state index contributed by atoms with van der Waals surface area (Å²) in [7, 11) is 0. The molecule has 4 aromatic rings. The van der Waals surface area contributed by atoms with Crippen LogP contribution in [0.15, 0.2) is 80.6 Å². The first-order valence-electron chi connectivity index (χ1n) is 8.62. The zero-order chi connectivity index (χ0) is 18.6. The number of oxazole rings is 1. The van der Waals surface area contributed by atoms with Crippen molar-refractivity contribution in [1.29, 1.82) is 0 Å². The van der Waals surface area contributed by atoms with Crippen LogP contribution in [0.3, 0.4) is 0 Å².